The van der Waals surface area contributed by atoms with Crippen molar-refractivity contribution < 1.29 is 19.8 Å². The Kier molecular flexibility index (Phi) is 4.11. The first kappa shape index (κ1) is 13.5. The van der Waals surface area contributed by atoms with Crippen molar-refractivity contribution >= 4 is 11.9 Å². The van der Waals surface area contributed by atoms with E-state index in [1.807, 2.05) is 17.0 Å². The third kappa shape index (κ3) is 3.29. The summed E-state index contributed by atoms with van der Waals surface area (Å²) in [5.74, 6) is -3.69. The maximum absolute atomic E-state index is 11.2. The third-order valence-corrected chi connectivity index (χ3v) is 3.46. The van der Waals surface area contributed by atoms with Crippen LogP contribution in [0.15, 0.2) is 24.5 Å². The molecular formula is C13H16N2O4. The first-order valence-corrected chi connectivity index (χ1v) is 6.15. The summed E-state index contributed by atoms with van der Waals surface area (Å²) in [6.45, 7) is 1.46. The van der Waals surface area contributed by atoms with Gasteiger partial charge in [0, 0.05) is 25.5 Å². The summed E-state index contributed by atoms with van der Waals surface area (Å²) < 4.78 is 0. The van der Waals surface area contributed by atoms with Crippen molar-refractivity contribution in [3.05, 3.63) is 30.1 Å². The van der Waals surface area contributed by atoms with E-state index in [0.29, 0.717) is 19.5 Å². The number of carbonyl (C=O) groups is 2. The maximum atomic E-state index is 11.2. The van der Waals surface area contributed by atoms with Crippen molar-refractivity contribution in [2.45, 2.75) is 13.0 Å². The minimum atomic E-state index is -1.04. The first-order chi connectivity index (χ1) is 9.08. The number of hydrogen-bond donors (Lipinski definition) is 2. The lowest BCUT2D eigenvalue weighted by Gasteiger charge is -2.34. The molecule has 19 heavy (non-hydrogen) atoms. The van der Waals surface area contributed by atoms with Gasteiger partial charge >= 0.3 is 11.9 Å². The second-order valence-electron chi connectivity index (χ2n) is 4.77. The quantitative estimate of drug-likeness (QED) is 0.831. The van der Waals surface area contributed by atoms with E-state index in [2.05, 4.69) is 4.98 Å². The molecule has 1 aliphatic heterocycles. The largest absolute Gasteiger partial charge is 0.481 e. The Hall–Kier alpha value is -1.95. The van der Waals surface area contributed by atoms with Gasteiger partial charge in [-0.05, 0) is 24.6 Å². The highest BCUT2D eigenvalue weighted by atomic mass is 16.4. The highest BCUT2D eigenvalue weighted by molar-refractivity contribution is 5.80. The smallest absolute Gasteiger partial charge is 0.308 e. The number of likely N-dealkylation sites (tertiary alicyclic amines) is 1. The van der Waals surface area contributed by atoms with Gasteiger partial charge in [0.25, 0.3) is 0 Å². The van der Waals surface area contributed by atoms with Crippen LogP contribution in [0.4, 0.5) is 0 Å². The van der Waals surface area contributed by atoms with Crippen LogP contribution in [0.2, 0.25) is 0 Å². The molecule has 1 fully saturated rings. The number of piperidine rings is 1. The molecule has 0 amide bonds. The third-order valence-electron chi connectivity index (χ3n) is 3.46. The minimum absolute atomic E-state index is 0.265. The summed E-state index contributed by atoms with van der Waals surface area (Å²) in [6, 6.07) is 3.75. The predicted molar refractivity (Wildman–Crippen MR) is 66.4 cm³/mol. The molecule has 0 aliphatic carbocycles. The molecule has 1 aromatic rings. The van der Waals surface area contributed by atoms with E-state index in [9.17, 15) is 9.59 Å². The Labute approximate surface area is 110 Å². The van der Waals surface area contributed by atoms with E-state index in [4.69, 9.17) is 10.2 Å². The number of rotatable bonds is 4. The van der Waals surface area contributed by atoms with Crippen molar-refractivity contribution in [1.29, 1.82) is 0 Å². The van der Waals surface area contributed by atoms with Gasteiger partial charge in [0.2, 0.25) is 0 Å². The molecule has 1 saturated heterocycles. The first-order valence-electron chi connectivity index (χ1n) is 6.15. The number of hydrogen-bond acceptors (Lipinski definition) is 4. The molecule has 1 aliphatic rings. The topological polar surface area (TPSA) is 90.7 Å². The lowest BCUT2D eigenvalue weighted by Crippen LogP contribution is -2.46. The fourth-order valence-electron chi connectivity index (χ4n) is 2.46. The average molecular weight is 264 g/mol. The van der Waals surface area contributed by atoms with Gasteiger partial charge in [0.1, 0.15) is 0 Å². The van der Waals surface area contributed by atoms with E-state index >= 15 is 0 Å². The van der Waals surface area contributed by atoms with Gasteiger partial charge in [-0.1, -0.05) is 6.07 Å². The van der Waals surface area contributed by atoms with Crippen LogP contribution in [0, 0.1) is 11.8 Å². The Morgan fingerprint density at radius 1 is 1.32 bits per heavy atom. The second kappa shape index (κ2) is 5.79. The Morgan fingerprint density at radius 2 is 2.05 bits per heavy atom. The Balaban J connectivity index is 2.03. The molecule has 0 spiro atoms. The normalized spacial score (nSPS) is 24.0. The van der Waals surface area contributed by atoms with Gasteiger partial charge in [0.15, 0.2) is 0 Å². The van der Waals surface area contributed by atoms with E-state index < -0.39 is 23.8 Å². The summed E-state index contributed by atoms with van der Waals surface area (Å²) in [6.07, 6.45) is 3.78. The molecule has 6 heteroatoms. The number of pyridine rings is 1. The van der Waals surface area contributed by atoms with Crippen molar-refractivity contribution in [2.24, 2.45) is 11.8 Å². The fraction of sp³-hybridized carbons (Fsp3) is 0.462. The van der Waals surface area contributed by atoms with Crippen LogP contribution in [-0.4, -0.2) is 45.1 Å². The summed E-state index contributed by atoms with van der Waals surface area (Å²) in [4.78, 5) is 28.2. The molecule has 0 bridgehead atoms. The Bertz CT molecular complexity index is 463. The standard InChI is InChI=1S/C13H16N2O4/c16-12(17)10-3-5-15(8-11(10)13(18)19)7-9-2-1-4-14-6-9/h1-2,4,6,10-11H,3,5,7-8H2,(H,16,17)(H,18,19). The molecule has 6 nitrogen and oxygen atoms in total. The van der Waals surface area contributed by atoms with Crippen LogP contribution in [0.25, 0.3) is 0 Å². The lowest BCUT2D eigenvalue weighted by atomic mass is 9.85. The van der Waals surface area contributed by atoms with Gasteiger partial charge in [-0.25, -0.2) is 0 Å². The molecule has 102 valence electrons. The van der Waals surface area contributed by atoms with Crippen LogP contribution >= 0.6 is 0 Å². The van der Waals surface area contributed by atoms with Crippen LogP contribution in [0.3, 0.4) is 0 Å². The zero-order valence-electron chi connectivity index (χ0n) is 10.4. The molecule has 2 atom stereocenters. The highest BCUT2D eigenvalue weighted by Crippen LogP contribution is 2.25. The number of aromatic nitrogens is 1. The molecule has 2 rings (SSSR count). The lowest BCUT2D eigenvalue weighted by molar-refractivity contribution is -0.157. The summed E-state index contributed by atoms with van der Waals surface area (Å²) in [5.41, 5.74) is 1.00. The maximum Gasteiger partial charge on any atom is 0.308 e. The van der Waals surface area contributed by atoms with Crippen molar-refractivity contribution in [3.8, 4) is 0 Å². The van der Waals surface area contributed by atoms with Crippen LogP contribution in [0.5, 0.6) is 0 Å². The summed E-state index contributed by atoms with van der Waals surface area (Å²) >= 11 is 0. The monoisotopic (exact) mass is 264 g/mol. The van der Waals surface area contributed by atoms with E-state index in [-0.39, 0.29) is 6.54 Å². The molecule has 0 radical (unpaired) electrons. The van der Waals surface area contributed by atoms with Crippen molar-refractivity contribution in [1.82, 2.24) is 9.88 Å². The SMILES string of the molecule is O=C(O)C1CCN(Cc2cccnc2)CC1C(=O)O. The molecule has 2 N–H and O–H groups in total. The van der Waals surface area contributed by atoms with Gasteiger partial charge in [-0.3, -0.25) is 19.5 Å². The number of nitrogens with zero attached hydrogens (tertiary/aromatic N) is 2. The van der Waals surface area contributed by atoms with Crippen molar-refractivity contribution in [3.63, 3.8) is 0 Å². The minimum Gasteiger partial charge on any atom is -0.481 e. The van der Waals surface area contributed by atoms with Crippen LogP contribution < -0.4 is 0 Å². The molecule has 1 aromatic heterocycles. The van der Waals surface area contributed by atoms with E-state index in [1.165, 1.54) is 0 Å². The number of carboxylic acid groups (broad SMARTS) is 2. The molecular weight excluding hydrogens is 248 g/mol. The van der Waals surface area contributed by atoms with Gasteiger partial charge in [-0.15, -0.1) is 0 Å². The zero-order valence-corrected chi connectivity index (χ0v) is 10.4. The van der Waals surface area contributed by atoms with Crippen molar-refractivity contribution in [2.75, 3.05) is 13.1 Å². The summed E-state index contributed by atoms with van der Waals surface area (Å²) in [5, 5.41) is 18.2. The zero-order chi connectivity index (χ0) is 13.8. The highest BCUT2D eigenvalue weighted by Gasteiger charge is 2.38. The molecule has 0 saturated carbocycles. The van der Waals surface area contributed by atoms with Crippen LogP contribution in [0.1, 0.15) is 12.0 Å². The fourth-order valence-corrected chi connectivity index (χ4v) is 2.46. The number of carboxylic acids is 2. The molecule has 2 unspecified atom stereocenters. The van der Waals surface area contributed by atoms with Gasteiger partial charge < -0.3 is 10.2 Å². The predicted octanol–water partition coefficient (Wildman–Crippen LogP) is 0.689. The summed E-state index contributed by atoms with van der Waals surface area (Å²) in [7, 11) is 0. The number of aliphatic carboxylic acids is 2. The average Bonchev–Trinajstić information content (AvgIpc) is 2.39. The second-order valence-corrected chi connectivity index (χ2v) is 4.77. The Morgan fingerprint density at radius 3 is 2.63 bits per heavy atom. The molecule has 2 heterocycles. The van der Waals surface area contributed by atoms with Crippen LogP contribution in [-0.2, 0) is 16.1 Å². The van der Waals surface area contributed by atoms with E-state index in [1.54, 1.807) is 12.4 Å². The van der Waals surface area contributed by atoms with Gasteiger partial charge in [-0.2, -0.15) is 0 Å². The molecule has 0 aromatic carbocycles. The van der Waals surface area contributed by atoms with Gasteiger partial charge in [0.05, 0.1) is 11.8 Å². The van der Waals surface area contributed by atoms with E-state index in [0.717, 1.165) is 5.56 Å².